The lowest BCUT2D eigenvalue weighted by Gasteiger charge is -2.29. The summed E-state index contributed by atoms with van der Waals surface area (Å²) in [5.41, 5.74) is 2.82. The van der Waals surface area contributed by atoms with Crippen molar-refractivity contribution in [3.8, 4) is 0 Å². The zero-order valence-corrected chi connectivity index (χ0v) is 12.5. The highest BCUT2D eigenvalue weighted by Crippen LogP contribution is 2.27. The highest BCUT2D eigenvalue weighted by atomic mass is 32.1. The van der Waals surface area contributed by atoms with Crippen LogP contribution in [0.1, 0.15) is 30.3 Å². The van der Waals surface area contributed by atoms with Gasteiger partial charge in [0.25, 0.3) is 0 Å². The van der Waals surface area contributed by atoms with Gasteiger partial charge < -0.3 is 10.2 Å². The Bertz CT molecular complexity index is 570. The maximum absolute atomic E-state index is 4.61. The van der Waals surface area contributed by atoms with E-state index in [4.69, 9.17) is 0 Å². The predicted molar refractivity (Wildman–Crippen MR) is 79.4 cm³/mol. The molecule has 2 aromatic heterocycles. The van der Waals surface area contributed by atoms with Crippen LogP contribution in [-0.2, 0) is 0 Å². The Hall–Kier alpha value is -1.60. The average molecular weight is 290 g/mol. The quantitative estimate of drug-likeness (QED) is 0.934. The van der Waals surface area contributed by atoms with Crippen molar-refractivity contribution in [3.05, 3.63) is 23.1 Å². The fourth-order valence-corrected chi connectivity index (χ4v) is 3.06. The Balaban J connectivity index is 1.82. The molecule has 0 saturated carbocycles. The van der Waals surface area contributed by atoms with Crippen molar-refractivity contribution < 1.29 is 0 Å². The van der Waals surface area contributed by atoms with E-state index in [0.29, 0.717) is 5.92 Å². The topological polar surface area (TPSA) is 66.8 Å². The largest absolute Gasteiger partial charge is 0.315 e. The Morgan fingerprint density at radius 2 is 2.30 bits per heavy atom. The summed E-state index contributed by atoms with van der Waals surface area (Å²) in [6.45, 7) is 4.17. The minimum absolute atomic E-state index is 0.491. The first-order valence-corrected chi connectivity index (χ1v) is 7.66. The molecule has 0 spiro atoms. The SMILES string of the molecule is Cc1nc(Nc2nncs2)cc([C@@H]2CCCN(C)C2)n1. The summed E-state index contributed by atoms with van der Waals surface area (Å²) in [4.78, 5) is 11.4. The van der Waals surface area contributed by atoms with Crippen LogP contribution in [0, 0.1) is 6.92 Å². The molecule has 1 fully saturated rings. The number of nitrogens with one attached hydrogen (secondary N) is 1. The summed E-state index contributed by atoms with van der Waals surface area (Å²) in [6.07, 6.45) is 2.42. The van der Waals surface area contributed by atoms with Gasteiger partial charge in [-0.05, 0) is 33.4 Å². The molecule has 0 aromatic carbocycles. The van der Waals surface area contributed by atoms with Crippen molar-refractivity contribution >= 4 is 22.3 Å². The molecule has 1 aliphatic heterocycles. The van der Waals surface area contributed by atoms with E-state index in [9.17, 15) is 0 Å². The summed E-state index contributed by atoms with van der Waals surface area (Å²) in [7, 11) is 2.17. The summed E-state index contributed by atoms with van der Waals surface area (Å²) < 4.78 is 0. The molecule has 6 nitrogen and oxygen atoms in total. The van der Waals surface area contributed by atoms with Crippen molar-refractivity contribution in [2.75, 3.05) is 25.5 Å². The lowest BCUT2D eigenvalue weighted by atomic mass is 9.95. The van der Waals surface area contributed by atoms with E-state index in [1.807, 2.05) is 13.0 Å². The highest BCUT2D eigenvalue weighted by Gasteiger charge is 2.21. The van der Waals surface area contributed by atoms with Crippen LogP contribution >= 0.6 is 11.3 Å². The number of aryl methyl sites for hydroxylation is 1. The minimum Gasteiger partial charge on any atom is -0.315 e. The van der Waals surface area contributed by atoms with Gasteiger partial charge in [0.1, 0.15) is 17.2 Å². The maximum Gasteiger partial charge on any atom is 0.210 e. The number of likely N-dealkylation sites (tertiary alicyclic amines) is 1. The van der Waals surface area contributed by atoms with E-state index in [1.165, 1.54) is 30.7 Å². The summed E-state index contributed by atoms with van der Waals surface area (Å²) >= 11 is 1.46. The van der Waals surface area contributed by atoms with Crippen LogP contribution in [0.15, 0.2) is 11.6 Å². The predicted octanol–water partition coefficient (Wildman–Crippen LogP) is 2.19. The molecule has 1 N–H and O–H groups in total. The number of likely N-dealkylation sites (N-methyl/N-ethyl adjacent to an activating group) is 1. The van der Waals surface area contributed by atoms with Gasteiger partial charge in [-0.15, -0.1) is 10.2 Å². The second kappa shape index (κ2) is 5.80. The van der Waals surface area contributed by atoms with E-state index in [0.717, 1.165) is 29.0 Å². The molecule has 7 heteroatoms. The van der Waals surface area contributed by atoms with Gasteiger partial charge in [0.15, 0.2) is 0 Å². The lowest BCUT2D eigenvalue weighted by molar-refractivity contribution is 0.248. The first-order valence-electron chi connectivity index (χ1n) is 6.78. The first kappa shape index (κ1) is 13.4. The number of nitrogens with zero attached hydrogens (tertiary/aromatic N) is 5. The first-order chi connectivity index (χ1) is 9.70. The fraction of sp³-hybridized carbons (Fsp3) is 0.538. The normalized spacial score (nSPS) is 20.0. The van der Waals surface area contributed by atoms with Gasteiger partial charge in [0, 0.05) is 18.5 Å². The van der Waals surface area contributed by atoms with Crippen molar-refractivity contribution in [2.24, 2.45) is 0 Å². The molecule has 20 heavy (non-hydrogen) atoms. The van der Waals surface area contributed by atoms with Gasteiger partial charge in [0.05, 0.1) is 5.69 Å². The number of piperidine rings is 1. The zero-order valence-electron chi connectivity index (χ0n) is 11.7. The smallest absolute Gasteiger partial charge is 0.210 e. The molecule has 0 bridgehead atoms. The molecule has 1 aliphatic rings. The number of aromatic nitrogens is 4. The van der Waals surface area contributed by atoms with Crippen LogP contribution < -0.4 is 5.32 Å². The molecule has 0 aliphatic carbocycles. The van der Waals surface area contributed by atoms with E-state index in [2.05, 4.69) is 37.4 Å². The van der Waals surface area contributed by atoms with Crippen LogP contribution in [0.5, 0.6) is 0 Å². The standard InChI is InChI=1S/C13H18N6S/c1-9-15-11(10-4-3-5-19(2)7-10)6-12(16-9)17-13-18-14-8-20-13/h6,8,10H,3-5,7H2,1-2H3,(H,15,16,17,18)/t10-/m1/s1. The Kier molecular flexibility index (Phi) is 3.88. The molecule has 0 unspecified atom stereocenters. The summed E-state index contributed by atoms with van der Waals surface area (Å²) in [6, 6.07) is 2.04. The Morgan fingerprint density at radius 3 is 3.05 bits per heavy atom. The van der Waals surface area contributed by atoms with E-state index in [1.54, 1.807) is 5.51 Å². The van der Waals surface area contributed by atoms with Gasteiger partial charge in [-0.3, -0.25) is 0 Å². The van der Waals surface area contributed by atoms with Crippen molar-refractivity contribution in [1.29, 1.82) is 0 Å². The van der Waals surface area contributed by atoms with Crippen LogP contribution in [0.4, 0.5) is 10.9 Å². The van der Waals surface area contributed by atoms with Gasteiger partial charge in [-0.25, -0.2) is 9.97 Å². The molecule has 0 radical (unpaired) electrons. The van der Waals surface area contributed by atoms with Crippen molar-refractivity contribution in [1.82, 2.24) is 25.1 Å². The zero-order chi connectivity index (χ0) is 13.9. The molecule has 0 amide bonds. The van der Waals surface area contributed by atoms with Gasteiger partial charge in [-0.2, -0.15) is 0 Å². The second-order valence-electron chi connectivity index (χ2n) is 5.20. The number of hydrogen-bond acceptors (Lipinski definition) is 7. The second-order valence-corrected chi connectivity index (χ2v) is 6.03. The molecular formula is C13H18N6S. The third kappa shape index (κ3) is 3.10. The summed E-state index contributed by atoms with van der Waals surface area (Å²) in [5, 5.41) is 11.8. The fourth-order valence-electron chi connectivity index (χ4n) is 2.61. The summed E-state index contributed by atoms with van der Waals surface area (Å²) in [5.74, 6) is 2.09. The maximum atomic E-state index is 4.61. The lowest BCUT2D eigenvalue weighted by Crippen LogP contribution is -2.31. The third-order valence-electron chi connectivity index (χ3n) is 3.50. The molecule has 106 valence electrons. The van der Waals surface area contributed by atoms with Gasteiger partial charge >= 0.3 is 0 Å². The number of rotatable bonds is 3. The van der Waals surface area contributed by atoms with E-state index in [-0.39, 0.29) is 0 Å². The van der Waals surface area contributed by atoms with E-state index < -0.39 is 0 Å². The Morgan fingerprint density at radius 1 is 1.40 bits per heavy atom. The van der Waals surface area contributed by atoms with E-state index >= 15 is 0 Å². The molecule has 1 saturated heterocycles. The van der Waals surface area contributed by atoms with Crippen LogP contribution in [-0.4, -0.2) is 45.2 Å². The van der Waals surface area contributed by atoms with Crippen molar-refractivity contribution in [3.63, 3.8) is 0 Å². The number of hydrogen-bond donors (Lipinski definition) is 1. The Labute approximate surface area is 122 Å². The van der Waals surface area contributed by atoms with Gasteiger partial charge in [-0.1, -0.05) is 11.3 Å². The minimum atomic E-state index is 0.491. The molecule has 1 atom stereocenters. The van der Waals surface area contributed by atoms with Crippen molar-refractivity contribution in [2.45, 2.75) is 25.7 Å². The molecular weight excluding hydrogens is 272 g/mol. The third-order valence-corrected chi connectivity index (χ3v) is 4.10. The average Bonchev–Trinajstić information content (AvgIpc) is 2.91. The van der Waals surface area contributed by atoms with Crippen LogP contribution in [0.3, 0.4) is 0 Å². The molecule has 2 aromatic rings. The molecule has 3 rings (SSSR count). The number of anilines is 2. The monoisotopic (exact) mass is 290 g/mol. The molecule has 3 heterocycles. The van der Waals surface area contributed by atoms with Crippen LogP contribution in [0.2, 0.25) is 0 Å². The van der Waals surface area contributed by atoms with Gasteiger partial charge in [0.2, 0.25) is 5.13 Å². The highest BCUT2D eigenvalue weighted by molar-refractivity contribution is 7.13. The van der Waals surface area contributed by atoms with Crippen LogP contribution in [0.25, 0.3) is 0 Å².